The van der Waals surface area contributed by atoms with Crippen LogP contribution in [0.4, 0.5) is 21.6 Å². The number of benzene rings is 2. The molecule has 0 aliphatic heterocycles. The second kappa shape index (κ2) is 7.78. The summed E-state index contributed by atoms with van der Waals surface area (Å²) in [5, 5.41) is 5.97. The summed E-state index contributed by atoms with van der Waals surface area (Å²) >= 11 is 0. The van der Waals surface area contributed by atoms with Gasteiger partial charge >= 0.3 is 0 Å². The molecule has 0 radical (unpaired) electrons. The molecular formula is C21H20FN3O. The number of carbonyl (C=O) groups is 1. The van der Waals surface area contributed by atoms with Gasteiger partial charge in [-0.15, -0.1) is 0 Å². The van der Waals surface area contributed by atoms with E-state index >= 15 is 0 Å². The van der Waals surface area contributed by atoms with Gasteiger partial charge in [-0.3, -0.25) is 4.79 Å². The molecule has 3 aromatic rings. The Hall–Kier alpha value is -3.21. The number of nitrogens with zero attached hydrogens (tertiary/aromatic N) is 1. The molecule has 0 saturated carbocycles. The summed E-state index contributed by atoms with van der Waals surface area (Å²) < 4.78 is 13.6. The number of anilines is 3. The van der Waals surface area contributed by atoms with E-state index in [2.05, 4.69) is 21.7 Å². The third-order valence-electron chi connectivity index (χ3n) is 3.85. The molecule has 0 saturated heterocycles. The molecule has 0 fully saturated rings. The number of aryl methyl sites for hydroxylation is 2. The number of halogens is 1. The lowest BCUT2D eigenvalue weighted by Crippen LogP contribution is -2.15. The van der Waals surface area contributed by atoms with Crippen molar-refractivity contribution in [2.75, 3.05) is 10.6 Å². The first kappa shape index (κ1) is 17.6. The van der Waals surface area contributed by atoms with Crippen LogP contribution in [0.1, 0.15) is 16.7 Å². The van der Waals surface area contributed by atoms with Crippen LogP contribution in [-0.4, -0.2) is 10.9 Å². The van der Waals surface area contributed by atoms with Crippen LogP contribution in [0, 0.1) is 19.7 Å². The molecule has 2 aromatic carbocycles. The summed E-state index contributed by atoms with van der Waals surface area (Å²) in [5.41, 5.74) is 4.24. The van der Waals surface area contributed by atoms with Crippen LogP contribution in [0.5, 0.6) is 0 Å². The Labute approximate surface area is 152 Å². The van der Waals surface area contributed by atoms with Gasteiger partial charge in [0.1, 0.15) is 11.6 Å². The largest absolute Gasteiger partial charge is 0.340 e. The molecule has 0 bridgehead atoms. The Morgan fingerprint density at radius 2 is 1.73 bits per heavy atom. The molecule has 26 heavy (non-hydrogen) atoms. The van der Waals surface area contributed by atoms with E-state index < -0.39 is 0 Å². The fourth-order valence-electron chi connectivity index (χ4n) is 2.76. The number of hydrogen-bond acceptors (Lipinski definition) is 3. The van der Waals surface area contributed by atoms with E-state index in [1.165, 1.54) is 17.2 Å². The predicted molar refractivity (Wildman–Crippen MR) is 102 cm³/mol. The number of rotatable bonds is 5. The lowest BCUT2D eigenvalue weighted by atomic mass is 10.1. The van der Waals surface area contributed by atoms with Crippen molar-refractivity contribution in [1.29, 1.82) is 0 Å². The maximum absolute atomic E-state index is 13.6. The molecule has 0 aliphatic carbocycles. The first-order chi connectivity index (χ1) is 12.5. The van der Waals surface area contributed by atoms with E-state index in [9.17, 15) is 9.18 Å². The molecule has 1 heterocycles. The first-order valence-electron chi connectivity index (χ1n) is 8.34. The summed E-state index contributed by atoms with van der Waals surface area (Å²) in [6, 6.07) is 16.0. The van der Waals surface area contributed by atoms with Crippen molar-refractivity contribution >= 4 is 23.1 Å². The fraction of sp³-hybridized carbons (Fsp3) is 0.143. The summed E-state index contributed by atoms with van der Waals surface area (Å²) in [4.78, 5) is 16.4. The van der Waals surface area contributed by atoms with Crippen molar-refractivity contribution in [2.24, 2.45) is 0 Å². The van der Waals surface area contributed by atoms with Crippen LogP contribution in [0.25, 0.3) is 0 Å². The minimum Gasteiger partial charge on any atom is -0.340 e. The Balaban J connectivity index is 1.62. The topological polar surface area (TPSA) is 54.0 Å². The number of aromatic nitrogens is 1. The van der Waals surface area contributed by atoms with E-state index in [-0.39, 0.29) is 18.1 Å². The van der Waals surface area contributed by atoms with Gasteiger partial charge in [-0.1, -0.05) is 24.3 Å². The van der Waals surface area contributed by atoms with Gasteiger partial charge in [-0.05, 0) is 60.9 Å². The Morgan fingerprint density at radius 3 is 2.38 bits per heavy atom. The summed E-state index contributed by atoms with van der Waals surface area (Å²) in [7, 11) is 0. The molecule has 132 valence electrons. The lowest BCUT2D eigenvalue weighted by Gasteiger charge is -2.09. The van der Waals surface area contributed by atoms with Gasteiger partial charge in [-0.25, -0.2) is 9.37 Å². The van der Waals surface area contributed by atoms with Gasteiger partial charge in [0, 0.05) is 5.69 Å². The van der Waals surface area contributed by atoms with Crippen LogP contribution in [0.15, 0.2) is 60.8 Å². The highest BCUT2D eigenvalue weighted by molar-refractivity contribution is 5.92. The van der Waals surface area contributed by atoms with Gasteiger partial charge in [0.15, 0.2) is 0 Å². The van der Waals surface area contributed by atoms with Gasteiger partial charge in [0.2, 0.25) is 5.91 Å². The third kappa shape index (κ3) is 4.66. The van der Waals surface area contributed by atoms with Crippen LogP contribution < -0.4 is 10.6 Å². The third-order valence-corrected chi connectivity index (χ3v) is 3.85. The van der Waals surface area contributed by atoms with E-state index in [4.69, 9.17) is 0 Å². The summed E-state index contributed by atoms with van der Waals surface area (Å²) in [6.07, 6.45) is 1.56. The first-order valence-corrected chi connectivity index (χ1v) is 8.34. The fourth-order valence-corrected chi connectivity index (χ4v) is 2.76. The Bertz CT molecular complexity index is 903. The highest BCUT2D eigenvalue weighted by atomic mass is 19.1. The standard InChI is InChI=1S/C21H20FN3O/c1-14-9-15(2)11-18(10-14)24-20-8-7-17(13-23-20)25-21(26)12-16-5-3-4-6-19(16)22/h3-11,13H,12H2,1-2H3,(H,23,24)(H,25,26). The van der Waals surface area contributed by atoms with Crippen molar-refractivity contribution in [3.05, 3.63) is 83.3 Å². The van der Waals surface area contributed by atoms with Gasteiger partial charge in [0.05, 0.1) is 18.3 Å². The van der Waals surface area contributed by atoms with Crippen molar-refractivity contribution < 1.29 is 9.18 Å². The van der Waals surface area contributed by atoms with Crippen molar-refractivity contribution in [3.63, 3.8) is 0 Å². The molecule has 1 amide bonds. The molecule has 0 unspecified atom stereocenters. The minimum absolute atomic E-state index is 0.0186. The minimum atomic E-state index is -0.381. The molecule has 0 spiro atoms. The second-order valence-corrected chi connectivity index (χ2v) is 6.25. The van der Waals surface area contributed by atoms with Crippen LogP contribution in [-0.2, 0) is 11.2 Å². The summed E-state index contributed by atoms with van der Waals surface area (Å²) in [6.45, 7) is 4.08. The number of hydrogen-bond donors (Lipinski definition) is 2. The molecular weight excluding hydrogens is 329 g/mol. The van der Waals surface area contributed by atoms with Crippen LogP contribution >= 0.6 is 0 Å². The second-order valence-electron chi connectivity index (χ2n) is 6.25. The Kier molecular flexibility index (Phi) is 5.27. The number of amides is 1. The smallest absolute Gasteiger partial charge is 0.228 e. The average molecular weight is 349 g/mol. The number of pyridine rings is 1. The lowest BCUT2D eigenvalue weighted by molar-refractivity contribution is -0.115. The number of nitrogens with one attached hydrogen (secondary N) is 2. The van der Waals surface area contributed by atoms with Gasteiger partial charge in [0.25, 0.3) is 0 Å². The predicted octanol–water partition coefficient (Wildman–Crippen LogP) is 4.76. The monoisotopic (exact) mass is 349 g/mol. The molecule has 0 atom stereocenters. The normalized spacial score (nSPS) is 10.4. The number of carbonyl (C=O) groups excluding carboxylic acids is 1. The molecule has 4 nitrogen and oxygen atoms in total. The molecule has 2 N–H and O–H groups in total. The zero-order chi connectivity index (χ0) is 18.5. The maximum atomic E-state index is 13.6. The maximum Gasteiger partial charge on any atom is 0.228 e. The van der Waals surface area contributed by atoms with E-state index in [0.29, 0.717) is 17.1 Å². The van der Waals surface area contributed by atoms with Gasteiger partial charge in [-0.2, -0.15) is 0 Å². The van der Waals surface area contributed by atoms with E-state index in [1.54, 1.807) is 36.5 Å². The molecule has 5 heteroatoms. The summed E-state index contributed by atoms with van der Waals surface area (Å²) in [5.74, 6) is 0.0165. The molecule has 3 rings (SSSR count). The Morgan fingerprint density at radius 1 is 1.00 bits per heavy atom. The van der Waals surface area contributed by atoms with Crippen molar-refractivity contribution in [1.82, 2.24) is 4.98 Å². The van der Waals surface area contributed by atoms with E-state index in [0.717, 1.165) is 5.69 Å². The van der Waals surface area contributed by atoms with Crippen LogP contribution in [0.2, 0.25) is 0 Å². The zero-order valence-corrected chi connectivity index (χ0v) is 14.7. The average Bonchev–Trinajstić information content (AvgIpc) is 2.58. The van der Waals surface area contributed by atoms with E-state index in [1.807, 2.05) is 26.0 Å². The zero-order valence-electron chi connectivity index (χ0n) is 14.7. The highest BCUT2D eigenvalue weighted by Crippen LogP contribution is 2.19. The molecule has 1 aromatic heterocycles. The van der Waals surface area contributed by atoms with Gasteiger partial charge < -0.3 is 10.6 Å². The molecule has 0 aliphatic rings. The highest BCUT2D eigenvalue weighted by Gasteiger charge is 2.08. The van der Waals surface area contributed by atoms with Crippen molar-refractivity contribution in [2.45, 2.75) is 20.3 Å². The quantitative estimate of drug-likeness (QED) is 0.698. The van der Waals surface area contributed by atoms with Crippen molar-refractivity contribution in [3.8, 4) is 0 Å². The van der Waals surface area contributed by atoms with Crippen LogP contribution in [0.3, 0.4) is 0 Å². The SMILES string of the molecule is Cc1cc(C)cc(Nc2ccc(NC(=O)Cc3ccccc3F)cn2)c1.